The number of hydrogen-bond donors (Lipinski definition) is 1. The van der Waals surface area contributed by atoms with Gasteiger partial charge in [-0.1, -0.05) is 17.7 Å². The van der Waals surface area contributed by atoms with Gasteiger partial charge in [0.05, 0.1) is 5.60 Å². The van der Waals surface area contributed by atoms with E-state index in [9.17, 15) is 4.79 Å². The molecule has 1 aromatic carbocycles. The highest BCUT2D eigenvalue weighted by atomic mass is 32.2. The maximum absolute atomic E-state index is 11.8. The first kappa shape index (κ1) is 15.2. The van der Waals surface area contributed by atoms with Crippen molar-refractivity contribution in [1.82, 2.24) is 5.32 Å². The lowest BCUT2D eigenvalue weighted by molar-refractivity contribution is -0.124. The van der Waals surface area contributed by atoms with Gasteiger partial charge in [0.1, 0.15) is 5.75 Å². The number of rotatable bonds is 6. The molecule has 1 aliphatic rings. The highest BCUT2D eigenvalue weighted by molar-refractivity contribution is 7.99. The fourth-order valence-electron chi connectivity index (χ4n) is 2.06. The molecule has 20 heavy (non-hydrogen) atoms. The van der Waals surface area contributed by atoms with Crippen molar-refractivity contribution >= 4 is 17.7 Å². The Labute approximate surface area is 124 Å². The second-order valence-corrected chi connectivity index (χ2v) is 6.17. The predicted octanol–water partition coefficient (Wildman–Crippen LogP) is 2.01. The van der Waals surface area contributed by atoms with E-state index in [2.05, 4.69) is 5.32 Å². The lowest BCUT2D eigenvalue weighted by Crippen LogP contribution is -2.45. The van der Waals surface area contributed by atoms with Gasteiger partial charge in [-0.2, -0.15) is 11.8 Å². The van der Waals surface area contributed by atoms with E-state index in [1.807, 2.05) is 43.0 Å². The number of amides is 1. The summed E-state index contributed by atoms with van der Waals surface area (Å²) < 4.78 is 11.0. The Morgan fingerprint density at radius 3 is 2.75 bits per heavy atom. The van der Waals surface area contributed by atoms with Crippen molar-refractivity contribution in [3.05, 3.63) is 29.8 Å². The SMILES string of the molecule is COC1(CNC(=O)COc2ccc(C)cc2)CCSC1. The second-order valence-electron chi connectivity index (χ2n) is 5.07. The molecule has 0 aliphatic carbocycles. The zero-order valence-electron chi connectivity index (χ0n) is 12.0. The van der Waals surface area contributed by atoms with Crippen LogP contribution in [0.5, 0.6) is 5.75 Å². The number of methoxy groups -OCH3 is 1. The van der Waals surface area contributed by atoms with E-state index in [0.717, 1.165) is 17.9 Å². The predicted molar refractivity (Wildman–Crippen MR) is 81.4 cm³/mol. The van der Waals surface area contributed by atoms with Crippen LogP contribution in [0.4, 0.5) is 0 Å². The van der Waals surface area contributed by atoms with Gasteiger partial charge in [0.25, 0.3) is 5.91 Å². The van der Waals surface area contributed by atoms with Crippen LogP contribution in [-0.2, 0) is 9.53 Å². The molecule has 1 atom stereocenters. The minimum Gasteiger partial charge on any atom is -0.484 e. The van der Waals surface area contributed by atoms with Crippen molar-refractivity contribution in [1.29, 1.82) is 0 Å². The number of hydrogen-bond acceptors (Lipinski definition) is 4. The summed E-state index contributed by atoms with van der Waals surface area (Å²) in [5, 5.41) is 2.90. The second kappa shape index (κ2) is 6.99. The topological polar surface area (TPSA) is 47.6 Å². The van der Waals surface area contributed by atoms with Gasteiger partial charge in [0.15, 0.2) is 6.61 Å². The molecular formula is C15H21NO3S. The average molecular weight is 295 g/mol. The summed E-state index contributed by atoms with van der Waals surface area (Å²) in [6.45, 7) is 2.60. The molecule has 0 saturated carbocycles. The number of carbonyl (C=O) groups is 1. The van der Waals surface area contributed by atoms with E-state index < -0.39 is 0 Å². The zero-order valence-corrected chi connectivity index (χ0v) is 12.8. The fraction of sp³-hybridized carbons (Fsp3) is 0.533. The van der Waals surface area contributed by atoms with Gasteiger partial charge >= 0.3 is 0 Å². The van der Waals surface area contributed by atoms with Crippen LogP contribution >= 0.6 is 11.8 Å². The molecule has 0 radical (unpaired) electrons. The van der Waals surface area contributed by atoms with E-state index in [0.29, 0.717) is 12.3 Å². The molecule has 1 amide bonds. The highest BCUT2D eigenvalue weighted by Gasteiger charge is 2.34. The number of thioether (sulfide) groups is 1. The Morgan fingerprint density at radius 2 is 2.15 bits per heavy atom. The Bertz CT molecular complexity index is 441. The molecule has 1 heterocycles. The van der Waals surface area contributed by atoms with Crippen LogP contribution in [0.3, 0.4) is 0 Å². The average Bonchev–Trinajstić information content (AvgIpc) is 2.94. The van der Waals surface area contributed by atoms with Gasteiger partial charge in [-0.05, 0) is 31.2 Å². The molecule has 1 aliphatic heterocycles. The van der Waals surface area contributed by atoms with Crippen LogP contribution in [0.25, 0.3) is 0 Å². The first-order chi connectivity index (χ1) is 9.63. The van der Waals surface area contributed by atoms with E-state index in [-0.39, 0.29) is 18.1 Å². The maximum Gasteiger partial charge on any atom is 0.258 e. The number of ether oxygens (including phenoxy) is 2. The number of benzene rings is 1. The van der Waals surface area contributed by atoms with Crippen LogP contribution in [0.2, 0.25) is 0 Å². The quantitative estimate of drug-likeness (QED) is 0.872. The minimum atomic E-state index is -0.204. The summed E-state index contributed by atoms with van der Waals surface area (Å²) in [7, 11) is 1.71. The Morgan fingerprint density at radius 1 is 1.40 bits per heavy atom. The third kappa shape index (κ3) is 4.15. The Hall–Kier alpha value is -1.20. The molecule has 0 bridgehead atoms. The van der Waals surface area contributed by atoms with Gasteiger partial charge in [-0.25, -0.2) is 0 Å². The largest absolute Gasteiger partial charge is 0.484 e. The summed E-state index contributed by atoms with van der Waals surface area (Å²) in [6.07, 6.45) is 0.979. The molecule has 5 heteroatoms. The summed E-state index contributed by atoms with van der Waals surface area (Å²) in [5.74, 6) is 2.62. The zero-order chi connectivity index (χ0) is 14.4. The summed E-state index contributed by atoms with van der Waals surface area (Å²) in [5.41, 5.74) is 0.965. The molecule has 1 aromatic rings. The Kier molecular flexibility index (Phi) is 5.31. The third-order valence-corrected chi connectivity index (χ3v) is 4.72. The van der Waals surface area contributed by atoms with E-state index in [4.69, 9.17) is 9.47 Å². The van der Waals surface area contributed by atoms with Crippen LogP contribution in [0.1, 0.15) is 12.0 Å². The van der Waals surface area contributed by atoms with Crippen molar-refractivity contribution in [3.63, 3.8) is 0 Å². The summed E-state index contributed by atoms with van der Waals surface area (Å²) >= 11 is 1.86. The fourth-order valence-corrected chi connectivity index (χ4v) is 3.45. The van der Waals surface area contributed by atoms with Crippen molar-refractivity contribution in [2.75, 3.05) is 31.8 Å². The molecule has 4 nitrogen and oxygen atoms in total. The molecule has 2 rings (SSSR count). The van der Waals surface area contributed by atoms with Crippen molar-refractivity contribution in [3.8, 4) is 5.75 Å². The van der Waals surface area contributed by atoms with Crippen molar-refractivity contribution in [2.45, 2.75) is 18.9 Å². The number of aryl methyl sites for hydroxylation is 1. The molecule has 1 saturated heterocycles. The molecule has 1 unspecified atom stereocenters. The van der Waals surface area contributed by atoms with Crippen molar-refractivity contribution in [2.24, 2.45) is 0 Å². The van der Waals surface area contributed by atoms with Gasteiger partial charge in [0.2, 0.25) is 0 Å². The van der Waals surface area contributed by atoms with Gasteiger partial charge in [-0.3, -0.25) is 4.79 Å². The van der Waals surface area contributed by atoms with Crippen LogP contribution in [0.15, 0.2) is 24.3 Å². The van der Waals surface area contributed by atoms with Crippen LogP contribution in [0, 0.1) is 6.92 Å². The molecular weight excluding hydrogens is 274 g/mol. The standard InChI is InChI=1S/C15H21NO3S/c1-12-3-5-13(6-4-12)19-9-14(17)16-10-15(18-2)7-8-20-11-15/h3-6H,7-11H2,1-2H3,(H,16,17). The minimum absolute atomic E-state index is 0.0377. The maximum atomic E-state index is 11.8. The molecule has 1 N–H and O–H groups in total. The summed E-state index contributed by atoms with van der Waals surface area (Å²) in [6, 6.07) is 7.66. The van der Waals surface area contributed by atoms with Crippen LogP contribution < -0.4 is 10.1 Å². The lowest BCUT2D eigenvalue weighted by atomic mass is 10.0. The third-order valence-electron chi connectivity index (χ3n) is 3.50. The molecule has 1 fully saturated rings. The van der Waals surface area contributed by atoms with Gasteiger partial charge < -0.3 is 14.8 Å². The monoisotopic (exact) mass is 295 g/mol. The van der Waals surface area contributed by atoms with E-state index in [1.165, 1.54) is 5.56 Å². The first-order valence-electron chi connectivity index (χ1n) is 6.73. The molecule has 0 spiro atoms. The van der Waals surface area contributed by atoms with E-state index >= 15 is 0 Å². The number of carbonyl (C=O) groups excluding carboxylic acids is 1. The van der Waals surface area contributed by atoms with Crippen molar-refractivity contribution < 1.29 is 14.3 Å². The smallest absolute Gasteiger partial charge is 0.258 e. The van der Waals surface area contributed by atoms with E-state index in [1.54, 1.807) is 7.11 Å². The normalized spacial score (nSPS) is 21.7. The highest BCUT2D eigenvalue weighted by Crippen LogP contribution is 2.30. The molecule has 110 valence electrons. The van der Waals surface area contributed by atoms with Crippen LogP contribution in [-0.4, -0.2) is 43.3 Å². The first-order valence-corrected chi connectivity index (χ1v) is 7.88. The lowest BCUT2D eigenvalue weighted by Gasteiger charge is -2.26. The molecule has 0 aromatic heterocycles. The number of nitrogens with one attached hydrogen (secondary N) is 1. The van der Waals surface area contributed by atoms with Gasteiger partial charge in [-0.15, -0.1) is 0 Å². The Balaban J connectivity index is 1.74. The van der Waals surface area contributed by atoms with Gasteiger partial charge in [0, 0.05) is 19.4 Å². The summed E-state index contributed by atoms with van der Waals surface area (Å²) in [4.78, 5) is 11.8.